The molecule has 0 fully saturated rings. The van der Waals surface area contributed by atoms with Crippen molar-refractivity contribution < 1.29 is 4.39 Å². The Morgan fingerprint density at radius 2 is 2.00 bits per heavy atom. The molecule has 0 spiro atoms. The molecule has 0 nitrogen and oxygen atoms in total. The van der Waals surface area contributed by atoms with Crippen molar-refractivity contribution >= 4 is 27.5 Å². The van der Waals surface area contributed by atoms with Crippen molar-refractivity contribution in [2.75, 3.05) is 0 Å². The predicted octanol–water partition coefficient (Wildman–Crippen LogP) is 3.70. The van der Waals surface area contributed by atoms with Crippen LogP contribution in [0, 0.1) is 0 Å². The van der Waals surface area contributed by atoms with E-state index in [1.807, 2.05) is 0 Å². The zero-order chi connectivity index (χ0) is 7.56. The molecule has 0 radical (unpaired) electrons. The Balaban J connectivity index is 3.03. The lowest BCUT2D eigenvalue weighted by Crippen LogP contribution is -1.81. The van der Waals surface area contributed by atoms with Gasteiger partial charge in [-0.3, -0.25) is 0 Å². The number of rotatable bonds is 1. The van der Waals surface area contributed by atoms with Crippen LogP contribution in [-0.4, -0.2) is 0 Å². The second-order valence-electron chi connectivity index (χ2n) is 1.82. The Hall–Kier alpha value is -0.0800. The van der Waals surface area contributed by atoms with Crippen molar-refractivity contribution in [3.63, 3.8) is 0 Å². The van der Waals surface area contributed by atoms with Crippen LogP contribution in [0.25, 0.3) is 0 Å². The number of hydrogen-bond donors (Lipinski definition) is 0. The predicted molar refractivity (Wildman–Crippen MR) is 44.2 cm³/mol. The standard InChI is InChI=1S/C7H5BrClF/c8-7(10)5-3-1-2-4-6(5)9/h1-4,7H. The molecule has 0 saturated heterocycles. The largest absolute Gasteiger partial charge is 0.230 e. The van der Waals surface area contributed by atoms with Gasteiger partial charge in [0, 0.05) is 10.6 Å². The second kappa shape index (κ2) is 3.35. The van der Waals surface area contributed by atoms with E-state index in [9.17, 15) is 4.39 Å². The molecule has 1 rings (SSSR count). The zero-order valence-electron chi connectivity index (χ0n) is 5.02. The number of hydrogen-bond acceptors (Lipinski definition) is 0. The topological polar surface area (TPSA) is 0 Å². The van der Waals surface area contributed by atoms with Crippen LogP contribution in [-0.2, 0) is 0 Å². The van der Waals surface area contributed by atoms with E-state index in [1.165, 1.54) is 0 Å². The minimum absolute atomic E-state index is 0.451. The van der Waals surface area contributed by atoms with Crippen molar-refractivity contribution in [3.05, 3.63) is 34.9 Å². The molecule has 1 aromatic rings. The lowest BCUT2D eigenvalue weighted by Gasteiger charge is -2.00. The maximum atomic E-state index is 12.5. The fourth-order valence-corrected chi connectivity index (χ4v) is 1.41. The van der Waals surface area contributed by atoms with Gasteiger partial charge in [-0.25, -0.2) is 4.39 Å². The van der Waals surface area contributed by atoms with E-state index in [4.69, 9.17) is 11.6 Å². The normalized spacial score (nSPS) is 13.1. The number of halogens is 3. The Kier molecular flexibility index (Phi) is 2.69. The van der Waals surface area contributed by atoms with Gasteiger partial charge in [-0.05, 0) is 22.0 Å². The summed E-state index contributed by atoms with van der Waals surface area (Å²) in [5.41, 5.74) is 0.476. The first kappa shape index (κ1) is 8.02. The molecular weight excluding hydrogens is 218 g/mol. The van der Waals surface area contributed by atoms with Crippen molar-refractivity contribution in [1.29, 1.82) is 0 Å². The van der Waals surface area contributed by atoms with Gasteiger partial charge in [0.15, 0.2) is 5.08 Å². The summed E-state index contributed by atoms with van der Waals surface area (Å²) in [7, 11) is 0. The van der Waals surface area contributed by atoms with Crippen LogP contribution in [0.3, 0.4) is 0 Å². The Labute approximate surface area is 72.1 Å². The summed E-state index contributed by atoms with van der Waals surface area (Å²) in [4.78, 5) is 0. The molecule has 0 amide bonds. The molecule has 3 heteroatoms. The first-order chi connectivity index (χ1) is 4.72. The van der Waals surface area contributed by atoms with Gasteiger partial charge in [-0.15, -0.1) is 0 Å². The van der Waals surface area contributed by atoms with E-state index in [2.05, 4.69) is 15.9 Å². The number of benzene rings is 1. The summed E-state index contributed by atoms with van der Waals surface area (Å²) >= 11 is 8.43. The van der Waals surface area contributed by atoms with Gasteiger partial charge in [0.1, 0.15) is 0 Å². The Morgan fingerprint density at radius 3 is 2.40 bits per heavy atom. The molecule has 0 aliphatic heterocycles. The van der Waals surface area contributed by atoms with E-state index >= 15 is 0 Å². The lowest BCUT2D eigenvalue weighted by atomic mass is 10.2. The quantitative estimate of drug-likeness (QED) is 0.637. The molecule has 1 unspecified atom stereocenters. The molecule has 0 aliphatic carbocycles. The maximum absolute atomic E-state index is 12.5. The smallest absolute Gasteiger partial charge is 0.181 e. The van der Waals surface area contributed by atoms with Gasteiger partial charge in [-0.2, -0.15) is 0 Å². The molecule has 1 aromatic carbocycles. The molecule has 0 saturated carbocycles. The van der Waals surface area contributed by atoms with Crippen LogP contribution in [0.5, 0.6) is 0 Å². The fourth-order valence-electron chi connectivity index (χ4n) is 0.652. The van der Waals surface area contributed by atoms with Crippen LogP contribution in [0.1, 0.15) is 10.6 Å². The van der Waals surface area contributed by atoms with Crippen molar-refractivity contribution in [2.24, 2.45) is 0 Å². The van der Waals surface area contributed by atoms with Crippen molar-refractivity contribution in [3.8, 4) is 0 Å². The minimum atomic E-state index is -1.17. The van der Waals surface area contributed by atoms with Crippen molar-refractivity contribution in [2.45, 2.75) is 5.08 Å². The summed E-state index contributed by atoms with van der Waals surface area (Å²) in [6.07, 6.45) is 0. The van der Waals surface area contributed by atoms with E-state index in [0.717, 1.165) is 0 Å². The van der Waals surface area contributed by atoms with Gasteiger partial charge >= 0.3 is 0 Å². The Morgan fingerprint density at radius 1 is 1.40 bits per heavy atom. The molecule has 0 heterocycles. The summed E-state index contributed by atoms with van der Waals surface area (Å²) in [6, 6.07) is 6.81. The lowest BCUT2D eigenvalue weighted by molar-refractivity contribution is 0.479. The molecule has 0 aromatic heterocycles. The summed E-state index contributed by atoms with van der Waals surface area (Å²) in [5, 5.41) is -0.715. The number of alkyl halides is 2. The summed E-state index contributed by atoms with van der Waals surface area (Å²) in [6.45, 7) is 0. The fraction of sp³-hybridized carbons (Fsp3) is 0.143. The van der Waals surface area contributed by atoms with E-state index < -0.39 is 5.08 Å². The summed E-state index contributed by atoms with van der Waals surface area (Å²) in [5.74, 6) is 0. The van der Waals surface area contributed by atoms with Crippen LogP contribution < -0.4 is 0 Å². The average Bonchev–Trinajstić information content (AvgIpc) is 1.88. The van der Waals surface area contributed by atoms with Crippen LogP contribution >= 0.6 is 27.5 Å². The highest BCUT2D eigenvalue weighted by Gasteiger charge is 2.06. The molecular formula is C7H5BrClF. The summed E-state index contributed by atoms with van der Waals surface area (Å²) < 4.78 is 12.5. The average molecular weight is 223 g/mol. The highest BCUT2D eigenvalue weighted by atomic mass is 79.9. The van der Waals surface area contributed by atoms with Gasteiger partial charge < -0.3 is 0 Å². The van der Waals surface area contributed by atoms with Crippen LogP contribution in [0.4, 0.5) is 4.39 Å². The van der Waals surface area contributed by atoms with Crippen LogP contribution in [0.15, 0.2) is 24.3 Å². The molecule has 0 aliphatic rings. The van der Waals surface area contributed by atoms with E-state index in [-0.39, 0.29) is 0 Å². The van der Waals surface area contributed by atoms with Crippen molar-refractivity contribution in [1.82, 2.24) is 0 Å². The first-order valence-corrected chi connectivity index (χ1v) is 4.04. The van der Waals surface area contributed by atoms with Gasteiger partial charge in [-0.1, -0.05) is 29.8 Å². The molecule has 10 heavy (non-hydrogen) atoms. The third kappa shape index (κ3) is 1.70. The zero-order valence-corrected chi connectivity index (χ0v) is 7.36. The second-order valence-corrected chi connectivity index (χ2v) is 3.03. The molecule has 0 N–H and O–H groups in total. The first-order valence-electron chi connectivity index (χ1n) is 2.74. The highest BCUT2D eigenvalue weighted by Crippen LogP contribution is 2.29. The SMILES string of the molecule is FC(Br)c1ccccc1Cl. The molecule has 1 atom stereocenters. The Bertz CT molecular complexity index is 225. The van der Waals surface area contributed by atoms with E-state index in [0.29, 0.717) is 10.6 Å². The van der Waals surface area contributed by atoms with Gasteiger partial charge in [0.25, 0.3) is 0 Å². The maximum Gasteiger partial charge on any atom is 0.181 e. The van der Waals surface area contributed by atoms with Gasteiger partial charge in [0.05, 0.1) is 0 Å². The highest BCUT2D eigenvalue weighted by molar-refractivity contribution is 9.09. The third-order valence-electron chi connectivity index (χ3n) is 1.14. The third-order valence-corrected chi connectivity index (χ3v) is 1.98. The molecule has 0 bridgehead atoms. The van der Waals surface area contributed by atoms with Gasteiger partial charge in [0.2, 0.25) is 0 Å². The minimum Gasteiger partial charge on any atom is -0.230 e. The molecule has 54 valence electrons. The monoisotopic (exact) mass is 222 g/mol. The van der Waals surface area contributed by atoms with Crippen LogP contribution in [0.2, 0.25) is 5.02 Å². The van der Waals surface area contributed by atoms with E-state index in [1.54, 1.807) is 24.3 Å².